The lowest BCUT2D eigenvalue weighted by Crippen LogP contribution is -2.35. The Balaban J connectivity index is 1.52. The van der Waals surface area contributed by atoms with Crippen LogP contribution < -0.4 is 4.74 Å². The molecule has 0 spiro atoms. The topological polar surface area (TPSA) is 104 Å². The van der Waals surface area contributed by atoms with Gasteiger partial charge < -0.3 is 14.4 Å². The molecule has 0 saturated heterocycles. The second kappa shape index (κ2) is 12.7. The summed E-state index contributed by atoms with van der Waals surface area (Å²) in [6, 6.07) is 13.7. The van der Waals surface area contributed by atoms with E-state index < -0.39 is 35.6 Å². The first-order valence-electron chi connectivity index (χ1n) is 12.1. The van der Waals surface area contributed by atoms with Gasteiger partial charge in [0.25, 0.3) is 0 Å². The molecule has 0 aliphatic carbocycles. The van der Waals surface area contributed by atoms with E-state index in [4.69, 9.17) is 21.1 Å². The second-order valence-electron chi connectivity index (χ2n) is 8.84. The molecule has 1 atom stereocenters. The summed E-state index contributed by atoms with van der Waals surface area (Å²) in [7, 11) is -0.439. The van der Waals surface area contributed by atoms with Crippen LogP contribution in [0.15, 0.2) is 66.0 Å². The smallest absolute Gasteiger partial charge is 0.422 e. The number of amides is 1. The second-order valence-corrected chi connectivity index (χ2v) is 10.6. The molecule has 4 rings (SSSR count). The van der Waals surface area contributed by atoms with E-state index in [0.29, 0.717) is 16.1 Å². The minimum atomic E-state index is -4.52. The van der Waals surface area contributed by atoms with Gasteiger partial charge in [-0.2, -0.15) is 13.2 Å². The molecule has 2 heterocycles. The predicted molar refractivity (Wildman–Crippen MR) is 146 cm³/mol. The van der Waals surface area contributed by atoms with Crippen molar-refractivity contribution in [2.75, 3.05) is 26.8 Å². The monoisotopic (exact) mass is 608 g/mol. The summed E-state index contributed by atoms with van der Waals surface area (Å²) in [6.45, 7) is -0.0707. The number of hydrogen-bond donors (Lipinski definition) is 0. The zero-order valence-corrected chi connectivity index (χ0v) is 23.4. The summed E-state index contributed by atoms with van der Waals surface area (Å²) in [5.41, 5.74) is 1.60. The van der Waals surface area contributed by atoms with Crippen molar-refractivity contribution in [3.63, 3.8) is 0 Å². The number of pyridine rings is 1. The minimum absolute atomic E-state index is 0.0168. The summed E-state index contributed by atoms with van der Waals surface area (Å²) in [5.74, 6) is -0.874. The molecule has 9 nitrogen and oxygen atoms in total. The number of carbonyl (C=O) groups is 2. The predicted octanol–water partition coefficient (Wildman–Crippen LogP) is 5.40. The minimum Gasteiger partial charge on any atom is -0.484 e. The van der Waals surface area contributed by atoms with Crippen LogP contribution in [0.4, 0.5) is 18.0 Å². The van der Waals surface area contributed by atoms with Crippen LogP contribution in [0.3, 0.4) is 0 Å². The molecule has 14 heteroatoms. The summed E-state index contributed by atoms with van der Waals surface area (Å²) >= 11 is 5.91. The van der Waals surface area contributed by atoms with Crippen LogP contribution in [0.5, 0.6) is 5.75 Å². The number of likely N-dealkylation sites (N-methyl/N-ethyl adjacent to an activating group) is 1. The number of benzene rings is 2. The van der Waals surface area contributed by atoms with Crippen LogP contribution in [-0.4, -0.2) is 68.6 Å². The number of ether oxygens (including phenoxy) is 2. The van der Waals surface area contributed by atoms with Crippen LogP contribution in [0.1, 0.15) is 21.6 Å². The Labute approximate surface area is 240 Å². The highest BCUT2D eigenvalue weighted by atomic mass is 35.5. The van der Waals surface area contributed by atoms with Gasteiger partial charge in [0.15, 0.2) is 6.61 Å². The molecule has 0 aliphatic rings. The van der Waals surface area contributed by atoms with Gasteiger partial charge in [-0.1, -0.05) is 29.8 Å². The highest BCUT2D eigenvalue weighted by molar-refractivity contribution is 7.84. The van der Waals surface area contributed by atoms with E-state index in [2.05, 4.69) is 9.97 Å². The molecule has 1 amide bonds. The fourth-order valence-electron chi connectivity index (χ4n) is 3.79. The first-order valence-corrected chi connectivity index (χ1v) is 13.8. The zero-order valence-electron chi connectivity index (χ0n) is 21.9. The van der Waals surface area contributed by atoms with E-state index in [9.17, 15) is 27.0 Å². The maximum absolute atomic E-state index is 13.5. The van der Waals surface area contributed by atoms with Gasteiger partial charge in [0.2, 0.25) is 5.16 Å². The Hall–Kier alpha value is -3.97. The van der Waals surface area contributed by atoms with E-state index in [1.165, 1.54) is 41.8 Å². The van der Waals surface area contributed by atoms with Crippen molar-refractivity contribution in [2.45, 2.75) is 24.0 Å². The molecule has 0 bridgehead atoms. The van der Waals surface area contributed by atoms with Gasteiger partial charge >= 0.3 is 18.2 Å². The van der Waals surface area contributed by atoms with Crippen LogP contribution in [-0.2, 0) is 21.3 Å². The maximum atomic E-state index is 13.5. The first-order chi connectivity index (χ1) is 19.4. The average molecular weight is 609 g/mol. The standard InChI is InChI=1S/C27H24ClF3N4O5S/c1-17-21(32-11-10-23(17)40-16-27(29,30)31)15-41(38)25-33-20-8-3-4-9-22(20)35(25)26(37)34(2)12-13-39-24(36)18-6-5-7-19(28)14-18/h3-11,14H,12-13,15-16H2,1-2H3/t41-/m0/s1. The number of alkyl halides is 3. The van der Waals surface area contributed by atoms with Crippen LogP contribution in [0.25, 0.3) is 11.0 Å². The van der Waals surface area contributed by atoms with Gasteiger partial charge in [0.05, 0.1) is 45.4 Å². The Kier molecular flexibility index (Phi) is 9.28. The quantitative estimate of drug-likeness (QED) is 0.234. The Morgan fingerprint density at radius 3 is 2.61 bits per heavy atom. The number of para-hydroxylation sites is 2. The van der Waals surface area contributed by atoms with E-state index in [1.807, 2.05) is 0 Å². The number of esters is 1. The van der Waals surface area contributed by atoms with Gasteiger partial charge in [0, 0.05) is 23.8 Å². The summed E-state index contributed by atoms with van der Waals surface area (Å²) in [5, 5.41) is 0.312. The van der Waals surface area contributed by atoms with E-state index in [1.54, 1.807) is 42.5 Å². The maximum Gasteiger partial charge on any atom is 0.422 e. The largest absolute Gasteiger partial charge is 0.484 e. The third-order valence-electron chi connectivity index (χ3n) is 5.89. The number of fused-ring (bicyclic) bond motifs is 1. The van der Waals surface area contributed by atoms with Crippen molar-refractivity contribution >= 4 is 45.4 Å². The molecular weight excluding hydrogens is 585 g/mol. The molecule has 4 aromatic rings. The fourth-order valence-corrected chi connectivity index (χ4v) is 5.23. The lowest BCUT2D eigenvalue weighted by atomic mass is 10.2. The van der Waals surface area contributed by atoms with Crippen molar-refractivity contribution in [1.29, 1.82) is 0 Å². The highest BCUT2D eigenvalue weighted by Crippen LogP contribution is 2.26. The Morgan fingerprint density at radius 2 is 1.88 bits per heavy atom. The summed E-state index contributed by atoms with van der Waals surface area (Å²) in [6.07, 6.45) is -3.26. The Morgan fingerprint density at radius 1 is 1.12 bits per heavy atom. The number of aromatic nitrogens is 3. The van der Waals surface area contributed by atoms with Gasteiger partial charge in [0.1, 0.15) is 12.4 Å². The third-order valence-corrected chi connectivity index (χ3v) is 7.34. The first kappa shape index (κ1) is 30.0. The molecular formula is C27H24ClF3N4O5S. The number of imidazole rings is 1. The van der Waals surface area contributed by atoms with E-state index in [-0.39, 0.29) is 46.6 Å². The van der Waals surface area contributed by atoms with Crippen LogP contribution >= 0.6 is 11.6 Å². The number of nitrogens with zero attached hydrogens (tertiary/aromatic N) is 4. The normalized spacial score (nSPS) is 12.2. The molecule has 0 saturated carbocycles. The molecule has 2 aromatic carbocycles. The molecule has 0 radical (unpaired) electrons. The van der Waals surface area contributed by atoms with Gasteiger partial charge in [-0.25, -0.2) is 19.1 Å². The third kappa shape index (κ3) is 7.41. The molecule has 216 valence electrons. The lowest BCUT2D eigenvalue weighted by Gasteiger charge is -2.19. The highest BCUT2D eigenvalue weighted by Gasteiger charge is 2.29. The molecule has 0 N–H and O–H groups in total. The molecule has 0 fully saturated rings. The van der Waals surface area contributed by atoms with Crippen molar-refractivity contribution in [3.8, 4) is 5.75 Å². The summed E-state index contributed by atoms with van der Waals surface area (Å²) < 4.78 is 62.8. The lowest BCUT2D eigenvalue weighted by molar-refractivity contribution is -0.153. The summed E-state index contributed by atoms with van der Waals surface area (Å²) in [4.78, 5) is 35.6. The van der Waals surface area contributed by atoms with Crippen molar-refractivity contribution in [3.05, 3.63) is 82.6 Å². The SMILES string of the molecule is Cc1c(OCC(F)(F)F)ccnc1C[S@](=O)c1nc2ccccc2n1C(=O)N(C)CCOC(=O)c1cccc(Cl)c1. The van der Waals surface area contributed by atoms with Crippen molar-refractivity contribution < 1.29 is 36.4 Å². The molecule has 0 aliphatic heterocycles. The van der Waals surface area contributed by atoms with Crippen molar-refractivity contribution in [2.24, 2.45) is 0 Å². The fraction of sp³-hybridized carbons (Fsp3) is 0.259. The van der Waals surface area contributed by atoms with E-state index >= 15 is 0 Å². The average Bonchev–Trinajstić information content (AvgIpc) is 3.32. The van der Waals surface area contributed by atoms with Gasteiger partial charge in [-0.15, -0.1) is 0 Å². The van der Waals surface area contributed by atoms with Gasteiger partial charge in [-0.05, 0) is 43.3 Å². The number of hydrogen-bond acceptors (Lipinski definition) is 7. The molecule has 0 unspecified atom stereocenters. The number of carbonyl (C=O) groups excluding carboxylic acids is 2. The number of rotatable bonds is 9. The van der Waals surface area contributed by atoms with Crippen LogP contribution in [0, 0.1) is 6.92 Å². The van der Waals surface area contributed by atoms with Gasteiger partial charge in [-0.3, -0.25) is 9.19 Å². The van der Waals surface area contributed by atoms with E-state index in [0.717, 1.165) is 0 Å². The number of halogens is 4. The molecule has 2 aromatic heterocycles. The Bertz CT molecular complexity index is 1610. The molecule has 41 heavy (non-hydrogen) atoms. The van der Waals surface area contributed by atoms with Crippen LogP contribution in [0.2, 0.25) is 5.02 Å². The zero-order chi connectivity index (χ0) is 29.7. The van der Waals surface area contributed by atoms with Crippen molar-refractivity contribution in [1.82, 2.24) is 19.4 Å².